The van der Waals surface area contributed by atoms with E-state index in [9.17, 15) is 9.59 Å². The molecule has 0 radical (unpaired) electrons. The van der Waals surface area contributed by atoms with Gasteiger partial charge in [-0.2, -0.15) is 0 Å². The fourth-order valence-corrected chi connectivity index (χ4v) is 3.55. The number of methoxy groups -OCH3 is 1. The molecule has 1 aliphatic rings. The summed E-state index contributed by atoms with van der Waals surface area (Å²) in [6.07, 6.45) is 4.70. The molecule has 2 aromatic rings. The molecule has 1 saturated carbocycles. The smallest absolute Gasteiger partial charge is 0.262 e. The van der Waals surface area contributed by atoms with Crippen LogP contribution >= 0.6 is 0 Å². The lowest BCUT2D eigenvalue weighted by Gasteiger charge is -2.19. The van der Waals surface area contributed by atoms with Crippen LogP contribution in [0, 0.1) is 5.92 Å². The lowest BCUT2D eigenvalue weighted by molar-refractivity contribution is -0.120. The highest BCUT2D eigenvalue weighted by atomic mass is 16.5. The largest absolute Gasteiger partial charge is 0.494 e. The summed E-state index contributed by atoms with van der Waals surface area (Å²) in [7, 11) is 1.55. The quantitative estimate of drug-likeness (QED) is 0.613. The number of Topliss-reactive ketones (excluding diaryl/α,β-unsaturated/α-hetero) is 1. The van der Waals surface area contributed by atoms with E-state index in [-0.39, 0.29) is 24.2 Å². The Labute approximate surface area is 183 Å². The summed E-state index contributed by atoms with van der Waals surface area (Å²) in [5.41, 5.74) is 2.39. The average molecular weight is 424 g/mol. The average Bonchev–Trinajstić information content (AvgIpc) is 2.77. The molecule has 0 heterocycles. The first-order valence-electron chi connectivity index (χ1n) is 10.6. The zero-order valence-corrected chi connectivity index (χ0v) is 18.3. The van der Waals surface area contributed by atoms with Crippen LogP contribution in [0.3, 0.4) is 0 Å². The Morgan fingerprint density at radius 2 is 1.90 bits per heavy atom. The summed E-state index contributed by atoms with van der Waals surface area (Å²) in [5, 5.41) is 2.79. The zero-order valence-electron chi connectivity index (χ0n) is 18.3. The highest BCUT2D eigenvalue weighted by Crippen LogP contribution is 2.31. The van der Waals surface area contributed by atoms with E-state index in [0.29, 0.717) is 23.8 Å². The Kier molecular flexibility index (Phi) is 7.70. The molecule has 2 aromatic carbocycles. The molecule has 1 fully saturated rings. The highest BCUT2D eigenvalue weighted by molar-refractivity contribution is 6.01. The third kappa shape index (κ3) is 6.10. The van der Waals surface area contributed by atoms with Crippen LogP contribution in [0.25, 0.3) is 6.08 Å². The molecule has 3 rings (SSSR count). The van der Waals surface area contributed by atoms with Gasteiger partial charge in [0.1, 0.15) is 5.75 Å². The Hall–Kier alpha value is -3.28. The van der Waals surface area contributed by atoms with Crippen LogP contribution < -0.4 is 19.5 Å². The van der Waals surface area contributed by atoms with E-state index in [2.05, 4.69) is 5.32 Å². The zero-order chi connectivity index (χ0) is 22.2. The minimum Gasteiger partial charge on any atom is -0.494 e. The van der Waals surface area contributed by atoms with Crippen molar-refractivity contribution in [3.05, 3.63) is 53.6 Å². The maximum atomic E-state index is 12.4. The van der Waals surface area contributed by atoms with Gasteiger partial charge in [0.25, 0.3) is 5.91 Å². The molecule has 0 saturated heterocycles. The minimum absolute atomic E-state index is 0.0818. The van der Waals surface area contributed by atoms with E-state index in [1.807, 2.05) is 32.1 Å². The summed E-state index contributed by atoms with van der Waals surface area (Å²) in [6.45, 7) is 4.33. The van der Waals surface area contributed by atoms with Gasteiger partial charge < -0.3 is 19.5 Å². The van der Waals surface area contributed by atoms with E-state index in [1.54, 1.807) is 37.4 Å². The van der Waals surface area contributed by atoms with Crippen LogP contribution in [0.15, 0.2) is 48.0 Å². The van der Waals surface area contributed by atoms with Crippen molar-refractivity contribution in [1.29, 1.82) is 0 Å². The topological polar surface area (TPSA) is 73.9 Å². The number of anilines is 1. The Morgan fingerprint density at radius 3 is 2.61 bits per heavy atom. The van der Waals surface area contributed by atoms with Crippen molar-refractivity contribution in [3.8, 4) is 17.2 Å². The van der Waals surface area contributed by atoms with Gasteiger partial charge in [0.2, 0.25) is 0 Å². The summed E-state index contributed by atoms with van der Waals surface area (Å²) in [6, 6.07) is 12.6. The second-order valence-corrected chi connectivity index (χ2v) is 7.53. The Bertz CT molecular complexity index is 949. The van der Waals surface area contributed by atoms with Crippen LogP contribution in [0.4, 0.5) is 5.69 Å². The normalized spacial score (nSPS) is 17.3. The number of nitrogens with one attached hydrogen (secondary N) is 1. The number of amides is 1. The molecule has 1 atom stereocenters. The molecule has 0 bridgehead atoms. The predicted octanol–water partition coefficient (Wildman–Crippen LogP) is 4.88. The molecule has 164 valence electrons. The van der Waals surface area contributed by atoms with Crippen molar-refractivity contribution in [2.75, 3.05) is 25.6 Å². The van der Waals surface area contributed by atoms with Gasteiger partial charge in [-0.3, -0.25) is 9.59 Å². The van der Waals surface area contributed by atoms with Crippen molar-refractivity contribution in [2.45, 2.75) is 33.1 Å². The number of hydrogen-bond acceptors (Lipinski definition) is 5. The Balaban J connectivity index is 1.61. The first-order valence-corrected chi connectivity index (χ1v) is 10.6. The molecular formula is C25H29NO5. The summed E-state index contributed by atoms with van der Waals surface area (Å²) in [4.78, 5) is 24.6. The number of ether oxygens (including phenoxy) is 3. The van der Waals surface area contributed by atoms with Crippen molar-refractivity contribution in [3.63, 3.8) is 0 Å². The monoisotopic (exact) mass is 423 g/mol. The maximum Gasteiger partial charge on any atom is 0.262 e. The molecule has 1 amide bonds. The third-order valence-electron chi connectivity index (χ3n) is 5.18. The number of benzene rings is 2. The van der Waals surface area contributed by atoms with Crippen molar-refractivity contribution in [1.82, 2.24) is 0 Å². The van der Waals surface area contributed by atoms with Crippen LogP contribution in [-0.2, 0) is 9.59 Å². The second-order valence-electron chi connectivity index (χ2n) is 7.53. The van der Waals surface area contributed by atoms with Gasteiger partial charge in [0.15, 0.2) is 23.9 Å². The van der Waals surface area contributed by atoms with E-state index in [1.165, 1.54) is 0 Å². The van der Waals surface area contributed by atoms with E-state index >= 15 is 0 Å². The van der Waals surface area contributed by atoms with Crippen LogP contribution in [0.2, 0.25) is 0 Å². The molecule has 0 unspecified atom stereocenters. The number of carbonyl (C=O) groups is 2. The number of allylic oxidation sites excluding steroid dienone is 1. The molecule has 0 aromatic heterocycles. The third-order valence-corrected chi connectivity index (χ3v) is 5.18. The molecule has 31 heavy (non-hydrogen) atoms. The van der Waals surface area contributed by atoms with Gasteiger partial charge >= 0.3 is 0 Å². The lowest BCUT2D eigenvalue weighted by Crippen LogP contribution is -2.20. The summed E-state index contributed by atoms with van der Waals surface area (Å²) in [5.74, 6) is 1.75. The number of rotatable bonds is 8. The first-order chi connectivity index (χ1) is 15.0. The number of hydrogen-bond donors (Lipinski definition) is 1. The SMILES string of the molecule is CCOc1ccc(NC(=O)COc2ccc(/C=C3\CCC[C@H](C)C3=O)cc2OC)cc1. The Morgan fingerprint density at radius 1 is 1.13 bits per heavy atom. The predicted molar refractivity (Wildman–Crippen MR) is 121 cm³/mol. The maximum absolute atomic E-state index is 12.4. The number of ketones is 1. The second kappa shape index (κ2) is 10.7. The summed E-state index contributed by atoms with van der Waals surface area (Å²) >= 11 is 0. The highest BCUT2D eigenvalue weighted by Gasteiger charge is 2.22. The molecule has 1 N–H and O–H groups in total. The van der Waals surface area contributed by atoms with Crippen molar-refractivity contribution in [2.24, 2.45) is 5.92 Å². The van der Waals surface area contributed by atoms with Crippen LogP contribution in [0.5, 0.6) is 17.2 Å². The standard InChI is InChI=1S/C25H29NO5/c1-4-30-21-11-9-20(10-12-21)26-24(27)16-31-22-13-8-18(15-23(22)29-3)14-19-7-5-6-17(2)25(19)28/h8-15,17H,4-7,16H2,1-3H3,(H,26,27)/b19-14+/t17-/m0/s1. The van der Waals surface area contributed by atoms with Gasteiger partial charge in [-0.05, 0) is 79.8 Å². The van der Waals surface area contributed by atoms with Crippen LogP contribution in [-0.4, -0.2) is 32.0 Å². The molecule has 0 aliphatic heterocycles. The summed E-state index contributed by atoms with van der Waals surface area (Å²) < 4.78 is 16.5. The van der Waals surface area contributed by atoms with Gasteiger partial charge in [0, 0.05) is 11.6 Å². The van der Waals surface area contributed by atoms with E-state index in [4.69, 9.17) is 14.2 Å². The molecular weight excluding hydrogens is 394 g/mol. The first kappa shape index (κ1) is 22.4. The van der Waals surface area contributed by atoms with Crippen molar-refractivity contribution < 1.29 is 23.8 Å². The van der Waals surface area contributed by atoms with Gasteiger partial charge in [-0.1, -0.05) is 13.0 Å². The molecule has 6 nitrogen and oxygen atoms in total. The lowest BCUT2D eigenvalue weighted by atomic mass is 9.84. The minimum atomic E-state index is -0.279. The van der Waals surface area contributed by atoms with Gasteiger partial charge in [0.05, 0.1) is 13.7 Å². The molecule has 1 aliphatic carbocycles. The van der Waals surface area contributed by atoms with Gasteiger partial charge in [-0.25, -0.2) is 0 Å². The van der Waals surface area contributed by atoms with E-state index < -0.39 is 0 Å². The van der Waals surface area contributed by atoms with Crippen LogP contribution in [0.1, 0.15) is 38.7 Å². The van der Waals surface area contributed by atoms with Gasteiger partial charge in [-0.15, -0.1) is 0 Å². The fraction of sp³-hybridized carbons (Fsp3) is 0.360. The number of carbonyl (C=O) groups excluding carboxylic acids is 2. The van der Waals surface area contributed by atoms with E-state index in [0.717, 1.165) is 36.1 Å². The molecule has 0 spiro atoms. The molecule has 6 heteroatoms. The fourth-order valence-electron chi connectivity index (χ4n) is 3.55. The van der Waals surface area contributed by atoms with Crippen molar-refractivity contribution >= 4 is 23.5 Å².